The van der Waals surface area contributed by atoms with Crippen LogP contribution in [0.5, 0.6) is 0 Å². The Hall–Kier alpha value is -2.82. The number of hydrogen-bond donors (Lipinski definition) is 3. The molecule has 3 N–H and O–H groups in total. The van der Waals surface area contributed by atoms with Crippen LogP contribution >= 0.6 is 0 Å². The number of amides is 2. The van der Waals surface area contributed by atoms with Gasteiger partial charge in [-0.15, -0.1) is 0 Å². The van der Waals surface area contributed by atoms with Gasteiger partial charge in [-0.25, -0.2) is 0 Å². The third-order valence-electron chi connectivity index (χ3n) is 3.09. The second-order valence-corrected chi connectivity index (χ2v) is 4.91. The van der Waals surface area contributed by atoms with Gasteiger partial charge in [0.2, 0.25) is 11.8 Å². The molecule has 2 aromatic carbocycles. The first-order valence-electron chi connectivity index (χ1n) is 7.07. The van der Waals surface area contributed by atoms with E-state index in [1.807, 2.05) is 60.7 Å². The monoisotopic (exact) mass is 297 g/mol. The Morgan fingerprint density at radius 1 is 0.955 bits per heavy atom. The van der Waals surface area contributed by atoms with Gasteiger partial charge < -0.3 is 5.32 Å². The minimum Gasteiger partial charge on any atom is -0.349 e. The number of hydrogen-bond acceptors (Lipinski definition) is 3. The highest BCUT2D eigenvalue weighted by Gasteiger charge is 2.16. The number of para-hydroxylation sites is 1. The van der Waals surface area contributed by atoms with Gasteiger partial charge >= 0.3 is 0 Å². The molecule has 1 unspecified atom stereocenters. The molecule has 0 aliphatic carbocycles. The van der Waals surface area contributed by atoms with Crippen LogP contribution in [0.25, 0.3) is 0 Å². The van der Waals surface area contributed by atoms with Crippen LogP contribution in [0.15, 0.2) is 60.7 Å². The average Bonchev–Trinajstić information content (AvgIpc) is 2.54. The number of carbonyl (C=O) groups is 2. The lowest BCUT2D eigenvalue weighted by Crippen LogP contribution is -2.35. The zero-order chi connectivity index (χ0) is 15.8. The summed E-state index contributed by atoms with van der Waals surface area (Å²) in [6.07, 6.45) is 0.156. The molecule has 0 saturated heterocycles. The van der Waals surface area contributed by atoms with Crippen molar-refractivity contribution in [1.82, 2.24) is 10.7 Å². The Kier molecular flexibility index (Phi) is 5.54. The predicted molar refractivity (Wildman–Crippen MR) is 85.8 cm³/mol. The highest BCUT2D eigenvalue weighted by molar-refractivity contribution is 5.80. The van der Waals surface area contributed by atoms with Crippen molar-refractivity contribution >= 4 is 17.5 Å². The molecule has 2 amide bonds. The zero-order valence-electron chi connectivity index (χ0n) is 12.4. The number of nitrogens with one attached hydrogen (secondary N) is 3. The Morgan fingerprint density at radius 2 is 1.55 bits per heavy atom. The lowest BCUT2D eigenvalue weighted by Gasteiger charge is -2.18. The SMILES string of the molecule is CC(=O)NC(CC(=O)NNc1ccccc1)c1ccccc1. The summed E-state index contributed by atoms with van der Waals surface area (Å²) in [5.74, 6) is -0.371. The van der Waals surface area contributed by atoms with E-state index in [9.17, 15) is 9.59 Å². The third kappa shape index (κ3) is 4.94. The summed E-state index contributed by atoms with van der Waals surface area (Å²) in [6.45, 7) is 1.44. The Morgan fingerprint density at radius 3 is 2.14 bits per heavy atom. The maximum Gasteiger partial charge on any atom is 0.240 e. The smallest absolute Gasteiger partial charge is 0.240 e. The molecule has 0 bridgehead atoms. The topological polar surface area (TPSA) is 70.2 Å². The number of carbonyl (C=O) groups excluding carboxylic acids is 2. The van der Waals surface area contributed by atoms with E-state index in [4.69, 9.17) is 0 Å². The summed E-state index contributed by atoms with van der Waals surface area (Å²) in [7, 11) is 0. The molecule has 0 spiro atoms. The molecule has 2 aromatic rings. The summed E-state index contributed by atoms with van der Waals surface area (Å²) in [6, 6.07) is 18.4. The van der Waals surface area contributed by atoms with Crippen molar-refractivity contribution < 1.29 is 9.59 Å². The van der Waals surface area contributed by atoms with Crippen LogP contribution in [0, 0.1) is 0 Å². The van der Waals surface area contributed by atoms with Gasteiger partial charge in [0.25, 0.3) is 0 Å². The first-order chi connectivity index (χ1) is 10.6. The van der Waals surface area contributed by atoms with Gasteiger partial charge in [-0.3, -0.25) is 20.4 Å². The number of benzene rings is 2. The summed E-state index contributed by atoms with van der Waals surface area (Å²) < 4.78 is 0. The molecule has 0 radical (unpaired) electrons. The Bertz CT molecular complexity index is 614. The van der Waals surface area contributed by atoms with Crippen molar-refractivity contribution in [1.29, 1.82) is 0 Å². The molecule has 0 fully saturated rings. The standard InChI is InChI=1S/C17H19N3O2/c1-13(21)18-16(14-8-4-2-5-9-14)12-17(22)20-19-15-10-6-3-7-11-15/h2-11,16,19H,12H2,1H3,(H,18,21)(H,20,22). The minimum absolute atomic E-state index is 0.156. The number of anilines is 1. The quantitative estimate of drug-likeness (QED) is 0.717. The first kappa shape index (κ1) is 15.6. The van der Waals surface area contributed by atoms with Gasteiger partial charge in [0.1, 0.15) is 0 Å². The van der Waals surface area contributed by atoms with E-state index in [0.717, 1.165) is 11.3 Å². The fourth-order valence-corrected chi connectivity index (χ4v) is 2.08. The van der Waals surface area contributed by atoms with Gasteiger partial charge in [0.15, 0.2) is 0 Å². The Balaban J connectivity index is 1.95. The Labute approximate surface area is 129 Å². The van der Waals surface area contributed by atoms with Gasteiger partial charge in [-0.2, -0.15) is 0 Å². The van der Waals surface area contributed by atoms with Crippen molar-refractivity contribution in [3.05, 3.63) is 66.2 Å². The lowest BCUT2D eigenvalue weighted by atomic mass is 10.0. The second-order valence-electron chi connectivity index (χ2n) is 4.91. The van der Waals surface area contributed by atoms with E-state index >= 15 is 0 Å². The minimum atomic E-state index is -0.351. The van der Waals surface area contributed by atoms with E-state index in [2.05, 4.69) is 16.2 Å². The molecular weight excluding hydrogens is 278 g/mol. The molecule has 5 nitrogen and oxygen atoms in total. The molecule has 114 valence electrons. The van der Waals surface area contributed by atoms with Crippen LogP contribution in [0.1, 0.15) is 24.9 Å². The number of rotatable bonds is 6. The normalized spacial score (nSPS) is 11.3. The summed E-state index contributed by atoms with van der Waals surface area (Å²) >= 11 is 0. The van der Waals surface area contributed by atoms with E-state index in [0.29, 0.717) is 0 Å². The van der Waals surface area contributed by atoms with E-state index in [1.54, 1.807) is 0 Å². The highest BCUT2D eigenvalue weighted by atomic mass is 16.2. The summed E-state index contributed by atoms with van der Waals surface area (Å²) in [4.78, 5) is 23.4. The predicted octanol–water partition coefficient (Wildman–Crippen LogP) is 2.40. The number of hydrazine groups is 1. The molecule has 0 aromatic heterocycles. The van der Waals surface area contributed by atoms with Gasteiger partial charge in [-0.1, -0.05) is 48.5 Å². The molecule has 0 heterocycles. The molecule has 1 atom stereocenters. The molecule has 0 saturated carbocycles. The van der Waals surface area contributed by atoms with Crippen molar-refractivity contribution in [3.63, 3.8) is 0 Å². The highest BCUT2D eigenvalue weighted by Crippen LogP contribution is 2.16. The van der Waals surface area contributed by atoms with Crippen LogP contribution in [0.4, 0.5) is 5.69 Å². The lowest BCUT2D eigenvalue weighted by molar-refractivity contribution is -0.122. The van der Waals surface area contributed by atoms with E-state index < -0.39 is 0 Å². The average molecular weight is 297 g/mol. The van der Waals surface area contributed by atoms with Crippen molar-refractivity contribution in [2.45, 2.75) is 19.4 Å². The van der Waals surface area contributed by atoms with Crippen molar-refractivity contribution in [2.24, 2.45) is 0 Å². The van der Waals surface area contributed by atoms with Crippen LogP contribution in [0.3, 0.4) is 0 Å². The molecule has 2 rings (SSSR count). The van der Waals surface area contributed by atoms with Crippen LogP contribution < -0.4 is 16.2 Å². The molecule has 0 aliphatic heterocycles. The summed E-state index contributed by atoms with van der Waals surface area (Å²) in [5, 5.41) is 2.80. The van der Waals surface area contributed by atoms with Crippen LogP contribution in [-0.4, -0.2) is 11.8 Å². The van der Waals surface area contributed by atoms with Gasteiger partial charge in [0, 0.05) is 6.92 Å². The molecule has 5 heteroatoms. The summed E-state index contributed by atoms with van der Waals surface area (Å²) in [5.41, 5.74) is 7.17. The van der Waals surface area contributed by atoms with Gasteiger partial charge in [-0.05, 0) is 17.7 Å². The van der Waals surface area contributed by atoms with E-state index in [1.165, 1.54) is 6.92 Å². The third-order valence-corrected chi connectivity index (χ3v) is 3.09. The van der Waals surface area contributed by atoms with Gasteiger partial charge in [0.05, 0.1) is 18.2 Å². The molecule has 22 heavy (non-hydrogen) atoms. The second kappa shape index (κ2) is 7.83. The van der Waals surface area contributed by atoms with E-state index in [-0.39, 0.29) is 24.3 Å². The fraction of sp³-hybridized carbons (Fsp3) is 0.176. The van der Waals surface area contributed by atoms with Crippen molar-refractivity contribution in [2.75, 3.05) is 5.43 Å². The van der Waals surface area contributed by atoms with Crippen LogP contribution in [0.2, 0.25) is 0 Å². The maximum absolute atomic E-state index is 12.1. The fourth-order valence-electron chi connectivity index (χ4n) is 2.08. The largest absolute Gasteiger partial charge is 0.349 e. The van der Waals surface area contributed by atoms with Crippen molar-refractivity contribution in [3.8, 4) is 0 Å². The molecule has 0 aliphatic rings. The molecular formula is C17H19N3O2. The maximum atomic E-state index is 12.1. The first-order valence-corrected chi connectivity index (χ1v) is 7.07. The van der Waals surface area contributed by atoms with Crippen LogP contribution in [-0.2, 0) is 9.59 Å². The zero-order valence-corrected chi connectivity index (χ0v) is 12.4.